The third-order valence-corrected chi connectivity index (χ3v) is 8.64. The summed E-state index contributed by atoms with van der Waals surface area (Å²) in [5.74, 6) is 3.63. The molecular formula is C41H59ClO4. The standard InChI is InChI=1S/C41H59ClO4/c1-3-5-7-9-11-13-15-17-29-43-38-24-19-35(20-25-38)33-45-40-28-23-37(32-42)31-41(40)46-34-36-21-26-39(27-22-36)44-30-18-16-14-12-10-8-6-4-2/h19-28,31H,3-18,29-30,32-34H2,1-2H3. The fourth-order valence-corrected chi connectivity index (χ4v) is 5.57. The SMILES string of the molecule is CCCCCCCCCCOc1ccc(COc2ccc(CCl)cc2OCc2ccc(OCCCCCCCCCC)cc2)cc1. The van der Waals surface area contributed by atoms with Crippen molar-refractivity contribution >= 4 is 11.6 Å². The molecule has 0 fully saturated rings. The molecule has 0 heterocycles. The number of unbranched alkanes of at least 4 members (excludes halogenated alkanes) is 14. The molecular weight excluding hydrogens is 592 g/mol. The molecule has 254 valence electrons. The highest BCUT2D eigenvalue weighted by molar-refractivity contribution is 6.17. The van der Waals surface area contributed by atoms with Crippen molar-refractivity contribution in [3.8, 4) is 23.0 Å². The quantitative estimate of drug-likeness (QED) is 0.0607. The van der Waals surface area contributed by atoms with Crippen LogP contribution in [0.2, 0.25) is 0 Å². The van der Waals surface area contributed by atoms with Gasteiger partial charge in [0.25, 0.3) is 0 Å². The Labute approximate surface area is 285 Å². The van der Waals surface area contributed by atoms with Crippen LogP contribution in [0, 0.1) is 0 Å². The molecule has 0 radical (unpaired) electrons. The van der Waals surface area contributed by atoms with E-state index in [0.717, 1.165) is 54.2 Å². The van der Waals surface area contributed by atoms with Crippen molar-refractivity contribution in [3.63, 3.8) is 0 Å². The summed E-state index contributed by atoms with van der Waals surface area (Å²) in [6, 6.07) is 22.3. The maximum absolute atomic E-state index is 6.23. The third kappa shape index (κ3) is 16.1. The normalized spacial score (nSPS) is 11.0. The molecule has 0 N–H and O–H groups in total. The lowest BCUT2D eigenvalue weighted by Crippen LogP contribution is -2.02. The molecule has 0 aliphatic heterocycles. The van der Waals surface area contributed by atoms with Gasteiger partial charge in [-0.05, 0) is 65.9 Å². The van der Waals surface area contributed by atoms with Gasteiger partial charge in [-0.2, -0.15) is 0 Å². The van der Waals surface area contributed by atoms with Crippen molar-refractivity contribution in [2.75, 3.05) is 13.2 Å². The van der Waals surface area contributed by atoms with Crippen LogP contribution in [0.15, 0.2) is 66.7 Å². The first-order valence-corrected chi connectivity index (χ1v) is 18.6. The largest absolute Gasteiger partial charge is 0.494 e. The van der Waals surface area contributed by atoms with Crippen LogP contribution in [0.3, 0.4) is 0 Å². The third-order valence-electron chi connectivity index (χ3n) is 8.33. The average Bonchev–Trinajstić information content (AvgIpc) is 3.09. The van der Waals surface area contributed by atoms with Gasteiger partial charge in [-0.15, -0.1) is 11.6 Å². The molecule has 0 saturated carbocycles. The van der Waals surface area contributed by atoms with E-state index in [-0.39, 0.29) is 0 Å². The Kier molecular flexibility index (Phi) is 19.9. The Morgan fingerprint density at radius 1 is 0.413 bits per heavy atom. The van der Waals surface area contributed by atoms with E-state index < -0.39 is 0 Å². The van der Waals surface area contributed by atoms with Gasteiger partial charge in [-0.3, -0.25) is 0 Å². The van der Waals surface area contributed by atoms with Crippen LogP contribution in [-0.4, -0.2) is 13.2 Å². The summed E-state index contributed by atoms with van der Waals surface area (Å²) in [6.07, 6.45) is 20.8. The van der Waals surface area contributed by atoms with Crippen LogP contribution in [0.5, 0.6) is 23.0 Å². The minimum Gasteiger partial charge on any atom is -0.494 e. The maximum Gasteiger partial charge on any atom is 0.162 e. The van der Waals surface area contributed by atoms with Crippen molar-refractivity contribution in [2.24, 2.45) is 0 Å². The smallest absolute Gasteiger partial charge is 0.162 e. The molecule has 0 amide bonds. The van der Waals surface area contributed by atoms with E-state index >= 15 is 0 Å². The van der Waals surface area contributed by atoms with Crippen molar-refractivity contribution in [3.05, 3.63) is 83.4 Å². The Morgan fingerprint density at radius 2 is 0.804 bits per heavy atom. The zero-order valence-electron chi connectivity index (χ0n) is 28.7. The monoisotopic (exact) mass is 650 g/mol. The Morgan fingerprint density at radius 3 is 1.24 bits per heavy atom. The lowest BCUT2D eigenvalue weighted by molar-refractivity contribution is 0.255. The van der Waals surface area contributed by atoms with Crippen LogP contribution in [0.25, 0.3) is 0 Å². The fourth-order valence-electron chi connectivity index (χ4n) is 5.41. The minimum absolute atomic E-state index is 0.419. The van der Waals surface area contributed by atoms with Gasteiger partial charge < -0.3 is 18.9 Å². The number of halogens is 1. The number of hydrogen-bond donors (Lipinski definition) is 0. The number of benzene rings is 3. The van der Waals surface area contributed by atoms with Crippen LogP contribution in [-0.2, 0) is 19.1 Å². The second-order valence-corrected chi connectivity index (χ2v) is 12.7. The molecule has 0 atom stereocenters. The Bertz CT molecular complexity index is 1160. The first kappa shape index (κ1) is 37.6. The molecule has 0 saturated heterocycles. The van der Waals surface area contributed by atoms with Crippen LogP contribution < -0.4 is 18.9 Å². The van der Waals surface area contributed by atoms with E-state index in [4.69, 9.17) is 30.5 Å². The molecule has 0 aromatic heterocycles. The molecule has 0 aliphatic rings. The molecule has 3 aromatic rings. The number of ether oxygens (including phenoxy) is 4. The zero-order chi connectivity index (χ0) is 32.5. The first-order chi connectivity index (χ1) is 22.7. The van der Waals surface area contributed by atoms with E-state index in [9.17, 15) is 0 Å². The molecule has 46 heavy (non-hydrogen) atoms. The van der Waals surface area contributed by atoms with Gasteiger partial charge >= 0.3 is 0 Å². The summed E-state index contributed by atoms with van der Waals surface area (Å²) >= 11 is 6.13. The van der Waals surface area contributed by atoms with Gasteiger partial charge in [-0.25, -0.2) is 0 Å². The Balaban J connectivity index is 1.37. The summed E-state index contributed by atoms with van der Waals surface area (Å²) in [7, 11) is 0. The summed E-state index contributed by atoms with van der Waals surface area (Å²) in [5.41, 5.74) is 3.14. The fraction of sp³-hybridized carbons (Fsp3) is 0.561. The maximum atomic E-state index is 6.23. The van der Waals surface area contributed by atoms with E-state index in [2.05, 4.69) is 38.1 Å². The van der Waals surface area contributed by atoms with Crippen molar-refractivity contribution in [2.45, 2.75) is 136 Å². The second kappa shape index (κ2) is 24.3. The van der Waals surface area contributed by atoms with Crippen LogP contribution in [0.1, 0.15) is 133 Å². The summed E-state index contributed by atoms with van der Waals surface area (Å²) < 4.78 is 24.3. The molecule has 0 bridgehead atoms. The lowest BCUT2D eigenvalue weighted by Gasteiger charge is -2.15. The number of rotatable bonds is 27. The van der Waals surface area contributed by atoms with E-state index in [1.54, 1.807) is 0 Å². The molecule has 3 aromatic carbocycles. The minimum atomic E-state index is 0.419. The van der Waals surface area contributed by atoms with Gasteiger partial charge in [0.1, 0.15) is 24.7 Å². The number of alkyl halides is 1. The Hall–Kier alpha value is -2.85. The van der Waals surface area contributed by atoms with Gasteiger partial charge in [0.2, 0.25) is 0 Å². The molecule has 0 aliphatic carbocycles. The molecule has 0 unspecified atom stereocenters. The highest BCUT2D eigenvalue weighted by atomic mass is 35.5. The zero-order valence-corrected chi connectivity index (χ0v) is 29.5. The van der Waals surface area contributed by atoms with Crippen LogP contribution in [0.4, 0.5) is 0 Å². The first-order valence-electron chi connectivity index (χ1n) is 18.1. The van der Waals surface area contributed by atoms with E-state index in [1.807, 2.05) is 42.5 Å². The molecule has 4 nitrogen and oxygen atoms in total. The second-order valence-electron chi connectivity index (χ2n) is 12.4. The highest BCUT2D eigenvalue weighted by Crippen LogP contribution is 2.31. The van der Waals surface area contributed by atoms with Crippen LogP contribution >= 0.6 is 11.6 Å². The van der Waals surface area contributed by atoms with Gasteiger partial charge in [0.15, 0.2) is 11.5 Å². The summed E-state index contributed by atoms with van der Waals surface area (Å²) in [4.78, 5) is 0. The summed E-state index contributed by atoms with van der Waals surface area (Å²) in [5, 5.41) is 0. The van der Waals surface area contributed by atoms with E-state index in [1.165, 1.54) is 89.9 Å². The predicted molar refractivity (Wildman–Crippen MR) is 194 cm³/mol. The molecule has 0 spiro atoms. The molecule has 3 rings (SSSR count). The summed E-state index contributed by atoms with van der Waals surface area (Å²) in [6.45, 7) is 6.95. The molecule has 5 heteroatoms. The van der Waals surface area contributed by atoms with E-state index in [0.29, 0.717) is 30.6 Å². The van der Waals surface area contributed by atoms with Crippen molar-refractivity contribution < 1.29 is 18.9 Å². The van der Waals surface area contributed by atoms with Gasteiger partial charge in [0.05, 0.1) is 13.2 Å². The van der Waals surface area contributed by atoms with Gasteiger partial charge in [0, 0.05) is 5.88 Å². The average molecular weight is 651 g/mol. The topological polar surface area (TPSA) is 36.9 Å². The van der Waals surface area contributed by atoms with Gasteiger partial charge in [-0.1, -0.05) is 134 Å². The van der Waals surface area contributed by atoms with Crippen molar-refractivity contribution in [1.29, 1.82) is 0 Å². The van der Waals surface area contributed by atoms with Crippen molar-refractivity contribution in [1.82, 2.24) is 0 Å². The number of hydrogen-bond acceptors (Lipinski definition) is 4. The lowest BCUT2D eigenvalue weighted by atomic mass is 10.1. The highest BCUT2D eigenvalue weighted by Gasteiger charge is 2.09. The predicted octanol–water partition coefficient (Wildman–Crippen LogP) is 12.6.